The van der Waals surface area contributed by atoms with E-state index in [9.17, 15) is 4.79 Å². The minimum absolute atomic E-state index is 0.0107. The van der Waals surface area contributed by atoms with Crippen LogP contribution >= 0.6 is 11.6 Å². The van der Waals surface area contributed by atoms with E-state index in [0.717, 1.165) is 59.9 Å². The van der Waals surface area contributed by atoms with E-state index in [1.165, 1.54) is 0 Å². The van der Waals surface area contributed by atoms with Gasteiger partial charge in [-0.2, -0.15) is 0 Å². The Hall–Kier alpha value is -2.24. The molecule has 4 rings (SSSR count). The molecule has 1 saturated heterocycles. The number of benzene rings is 1. The van der Waals surface area contributed by atoms with Crippen LogP contribution in [0.3, 0.4) is 0 Å². The quantitative estimate of drug-likeness (QED) is 0.557. The number of furan rings is 2. The van der Waals surface area contributed by atoms with Crippen LogP contribution in [0.5, 0.6) is 0 Å². The van der Waals surface area contributed by atoms with Crippen LogP contribution in [0.4, 0.5) is 0 Å². The molecule has 0 bridgehead atoms. The van der Waals surface area contributed by atoms with Crippen LogP contribution in [0.1, 0.15) is 59.0 Å². The second-order valence-corrected chi connectivity index (χ2v) is 8.95. The molecule has 0 radical (unpaired) electrons. The van der Waals surface area contributed by atoms with Crippen LogP contribution in [-0.4, -0.2) is 30.4 Å². The number of nitrogens with one attached hydrogen (secondary N) is 1. The first-order valence-corrected chi connectivity index (χ1v) is 11.0. The van der Waals surface area contributed by atoms with Crippen LogP contribution < -0.4 is 5.32 Å². The molecule has 1 N–H and O–H groups in total. The maximum atomic E-state index is 13.0. The minimum Gasteiger partial charge on any atom is -0.465 e. The molecule has 1 aliphatic heterocycles. The Kier molecular flexibility index (Phi) is 5.94. The van der Waals surface area contributed by atoms with E-state index in [4.69, 9.17) is 20.4 Å². The van der Waals surface area contributed by atoms with Crippen molar-refractivity contribution in [2.24, 2.45) is 5.92 Å². The predicted molar refractivity (Wildman–Crippen MR) is 119 cm³/mol. The fourth-order valence-corrected chi connectivity index (χ4v) is 4.37. The largest absolute Gasteiger partial charge is 0.465 e. The smallest absolute Gasteiger partial charge is 0.287 e. The Labute approximate surface area is 182 Å². The summed E-state index contributed by atoms with van der Waals surface area (Å²) in [5.74, 6) is 2.64. The lowest BCUT2D eigenvalue weighted by atomic mass is 9.97. The molecule has 1 aromatic carbocycles. The molecule has 1 fully saturated rings. The van der Waals surface area contributed by atoms with E-state index in [-0.39, 0.29) is 11.9 Å². The summed E-state index contributed by atoms with van der Waals surface area (Å²) >= 11 is 6.26. The number of hydrogen-bond donors (Lipinski definition) is 1. The first-order valence-electron chi connectivity index (χ1n) is 10.6. The molecule has 1 aliphatic rings. The molecular formula is C24H29ClN2O3. The molecule has 0 aliphatic carbocycles. The molecule has 0 saturated carbocycles. The summed E-state index contributed by atoms with van der Waals surface area (Å²) in [5, 5.41) is 4.63. The van der Waals surface area contributed by atoms with Crippen LogP contribution in [0.2, 0.25) is 5.02 Å². The lowest BCUT2D eigenvalue weighted by molar-refractivity contribution is 0.0871. The first-order chi connectivity index (χ1) is 14.3. The third kappa shape index (κ3) is 4.14. The summed E-state index contributed by atoms with van der Waals surface area (Å²) in [6.45, 7) is 10.5. The zero-order valence-corrected chi connectivity index (χ0v) is 18.8. The van der Waals surface area contributed by atoms with Gasteiger partial charge in [0.25, 0.3) is 5.91 Å². The van der Waals surface area contributed by atoms with Crippen molar-refractivity contribution < 1.29 is 13.6 Å². The first kappa shape index (κ1) is 21.0. The Morgan fingerprint density at radius 3 is 2.60 bits per heavy atom. The van der Waals surface area contributed by atoms with Crippen LogP contribution in [0.25, 0.3) is 11.0 Å². The summed E-state index contributed by atoms with van der Waals surface area (Å²) in [6.07, 6.45) is 2.32. The van der Waals surface area contributed by atoms with Gasteiger partial charge in [-0.05, 0) is 82.4 Å². The number of halogens is 1. The Morgan fingerprint density at radius 2 is 1.93 bits per heavy atom. The fraction of sp³-hybridized carbons (Fsp3) is 0.458. The van der Waals surface area contributed by atoms with Crippen LogP contribution in [0, 0.1) is 26.7 Å². The zero-order chi connectivity index (χ0) is 21.4. The van der Waals surface area contributed by atoms with Crippen molar-refractivity contribution in [3.05, 3.63) is 57.7 Å². The van der Waals surface area contributed by atoms with Gasteiger partial charge in [0, 0.05) is 22.5 Å². The van der Waals surface area contributed by atoms with Gasteiger partial charge in [0.1, 0.15) is 17.1 Å². The van der Waals surface area contributed by atoms with Gasteiger partial charge in [-0.3, -0.25) is 9.69 Å². The van der Waals surface area contributed by atoms with E-state index in [0.29, 0.717) is 22.9 Å². The van der Waals surface area contributed by atoms with Crippen molar-refractivity contribution >= 4 is 28.5 Å². The Morgan fingerprint density at radius 1 is 1.20 bits per heavy atom. The molecule has 0 unspecified atom stereocenters. The molecule has 1 amide bonds. The van der Waals surface area contributed by atoms with Crippen molar-refractivity contribution in [3.63, 3.8) is 0 Å². The second kappa shape index (κ2) is 8.48. The van der Waals surface area contributed by atoms with Gasteiger partial charge < -0.3 is 14.2 Å². The predicted octanol–water partition coefficient (Wildman–Crippen LogP) is 5.81. The highest BCUT2D eigenvalue weighted by Crippen LogP contribution is 2.31. The van der Waals surface area contributed by atoms with E-state index in [2.05, 4.69) is 17.1 Å². The van der Waals surface area contributed by atoms with Gasteiger partial charge >= 0.3 is 0 Å². The number of rotatable bonds is 5. The van der Waals surface area contributed by atoms with Gasteiger partial charge in [0.15, 0.2) is 5.76 Å². The number of likely N-dealkylation sites (tertiary alicyclic amines) is 1. The Balaban J connectivity index is 1.54. The van der Waals surface area contributed by atoms with Crippen molar-refractivity contribution in [2.75, 3.05) is 19.6 Å². The summed E-state index contributed by atoms with van der Waals surface area (Å²) in [4.78, 5) is 15.4. The van der Waals surface area contributed by atoms with Crippen LogP contribution in [-0.2, 0) is 0 Å². The van der Waals surface area contributed by atoms with E-state index in [1.807, 2.05) is 45.0 Å². The molecule has 1 atom stereocenters. The monoisotopic (exact) mass is 428 g/mol. The fourth-order valence-electron chi connectivity index (χ4n) is 4.21. The molecule has 0 spiro atoms. The van der Waals surface area contributed by atoms with Gasteiger partial charge in [0.2, 0.25) is 0 Å². The summed E-state index contributed by atoms with van der Waals surface area (Å²) in [7, 11) is 0. The molecule has 2 aromatic heterocycles. The second-order valence-electron chi connectivity index (χ2n) is 8.55. The van der Waals surface area contributed by atoms with E-state index in [1.54, 1.807) is 0 Å². The number of aryl methyl sites for hydroxylation is 3. The molecular weight excluding hydrogens is 400 g/mol. The highest BCUT2D eigenvalue weighted by atomic mass is 35.5. The van der Waals surface area contributed by atoms with Gasteiger partial charge in [-0.1, -0.05) is 18.5 Å². The number of piperidine rings is 1. The topological polar surface area (TPSA) is 58.6 Å². The number of carbonyl (C=O) groups is 1. The molecule has 5 nitrogen and oxygen atoms in total. The van der Waals surface area contributed by atoms with Gasteiger partial charge in [-0.15, -0.1) is 0 Å². The highest BCUT2D eigenvalue weighted by Gasteiger charge is 2.28. The van der Waals surface area contributed by atoms with Crippen molar-refractivity contribution in [3.8, 4) is 0 Å². The molecule has 3 heterocycles. The average Bonchev–Trinajstić information content (AvgIpc) is 3.27. The lowest BCUT2D eigenvalue weighted by Crippen LogP contribution is -2.41. The van der Waals surface area contributed by atoms with E-state index >= 15 is 0 Å². The SMILES string of the molecule is Cc1ccc([C@H](CNC(=O)c2oc3cc(C)c(Cl)cc3c2C)N2CCC(C)CC2)o1. The van der Waals surface area contributed by atoms with E-state index < -0.39 is 0 Å². The van der Waals surface area contributed by atoms with Gasteiger partial charge in [0.05, 0.1) is 6.04 Å². The molecule has 3 aromatic rings. The number of hydrogen-bond acceptors (Lipinski definition) is 4. The number of amides is 1. The third-order valence-electron chi connectivity index (χ3n) is 6.23. The molecule has 160 valence electrons. The summed E-state index contributed by atoms with van der Waals surface area (Å²) in [5.41, 5.74) is 2.42. The number of carbonyl (C=O) groups excluding carboxylic acids is 1. The molecule has 6 heteroatoms. The van der Waals surface area contributed by atoms with Gasteiger partial charge in [-0.25, -0.2) is 0 Å². The Bertz CT molecular complexity index is 1060. The maximum absolute atomic E-state index is 13.0. The standard InChI is InChI=1S/C24H29ClN2O3/c1-14-7-9-27(10-8-14)20(21-6-5-16(3)29-21)13-26-24(28)23-17(4)18-12-19(25)15(2)11-22(18)30-23/h5-6,11-12,14,20H,7-10,13H2,1-4H3,(H,26,28)/t20-/m0/s1. The zero-order valence-electron chi connectivity index (χ0n) is 18.0. The normalized spacial score (nSPS) is 16.8. The number of nitrogens with zero attached hydrogens (tertiary/aromatic N) is 1. The summed E-state index contributed by atoms with van der Waals surface area (Å²) < 4.78 is 11.8. The van der Waals surface area contributed by atoms with Crippen molar-refractivity contribution in [1.29, 1.82) is 0 Å². The highest BCUT2D eigenvalue weighted by molar-refractivity contribution is 6.32. The number of fused-ring (bicyclic) bond motifs is 1. The summed E-state index contributed by atoms with van der Waals surface area (Å²) in [6, 6.07) is 7.75. The molecule has 30 heavy (non-hydrogen) atoms. The third-order valence-corrected chi connectivity index (χ3v) is 6.64. The maximum Gasteiger partial charge on any atom is 0.287 e. The average molecular weight is 429 g/mol. The van der Waals surface area contributed by atoms with Crippen molar-refractivity contribution in [2.45, 2.75) is 46.6 Å². The van der Waals surface area contributed by atoms with Crippen LogP contribution in [0.15, 0.2) is 33.1 Å². The lowest BCUT2D eigenvalue weighted by Gasteiger charge is -2.35. The minimum atomic E-state index is -0.212. The van der Waals surface area contributed by atoms with Crippen molar-refractivity contribution in [1.82, 2.24) is 10.2 Å².